The number of rotatable bonds is 8. The third-order valence-electron chi connectivity index (χ3n) is 5.42. The second-order valence-corrected chi connectivity index (χ2v) is 9.07. The highest BCUT2D eigenvalue weighted by molar-refractivity contribution is 7.98. The highest BCUT2D eigenvalue weighted by Gasteiger charge is 2.11. The number of non-ortho nitro benzene ring substituents is 1. The van der Waals surface area contributed by atoms with Crippen molar-refractivity contribution >= 4 is 34.3 Å². The molecule has 168 valence electrons. The average molecular weight is 460 g/mol. The Hall–Kier alpha value is -3.58. The van der Waals surface area contributed by atoms with Gasteiger partial charge in [0.15, 0.2) is 0 Å². The Kier molecular flexibility index (Phi) is 6.79. The molecule has 0 bridgehead atoms. The molecule has 1 N–H and O–H groups in total. The molecule has 0 atom stereocenters. The van der Waals surface area contributed by atoms with Crippen molar-refractivity contribution in [2.75, 3.05) is 6.54 Å². The van der Waals surface area contributed by atoms with E-state index < -0.39 is 0 Å². The van der Waals surface area contributed by atoms with Gasteiger partial charge in [-0.25, -0.2) is 0 Å². The molecule has 0 saturated carbocycles. The first-order chi connectivity index (χ1) is 15.9. The lowest BCUT2D eigenvalue weighted by Gasteiger charge is -2.09. The van der Waals surface area contributed by atoms with Crippen LogP contribution in [0.3, 0.4) is 0 Å². The Morgan fingerprint density at radius 2 is 1.73 bits per heavy atom. The minimum Gasteiger partial charge on any atom is -0.350 e. The van der Waals surface area contributed by atoms with Crippen molar-refractivity contribution in [3.63, 3.8) is 0 Å². The van der Waals surface area contributed by atoms with Crippen LogP contribution in [0, 0.1) is 24.0 Å². The molecule has 0 unspecified atom stereocenters. The second-order valence-electron chi connectivity index (χ2n) is 8.05. The second kappa shape index (κ2) is 9.92. The largest absolute Gasteiger partial charge is 0.350 e. The van der Waals surface area contributed by atoms with Gasteiger partial charge in [-0.1, -0.05) is 47.5 Å². The topological polar surface area (TPSA) is 77.2 Å². The fourth-order valence-corrected chi connectivity index (χ4v) is 4.93. The molecule has 0 aliphatic carbocycles. The fraction of sp³-hybridized carbons (Fsp3) is 0.192. The molecule has 0 aliphatic heterocycles. The summed E-state index contributed by atoms with van der Waals surface area (Å²) in [6, 6.07) is 20.7. The van der Waals surface area contributed by atoms with Gasteiger partial charge in [0, 0.05) is 58.5 Å². The molecule has 0 aliphatic rings. The number of hydrogen-bond acceptors (Lipinski definition) is 4. The molecular weight excluding hydrogens is 434 g/mol. The minimum atomic E-state index is -0.385. The molecule has 4 rings (SSSR count). The number of aromatic nitrogens is 1. The standard InChI is InChI=1S/C26H25N3O3S/c1-18-13-19(2)15-21(14-18)26(30)27-11-12-28-16-25(23-5-3-4-6-24(23)28)33-17-20-7-9-22(10-8-20)29(31)32/h3-10,13-16H,11-12,17H2,1-2H3,(H,27,30). The van der Waals surface area contributed by atoms with Gasteiger partial charge in [-0.3, -0.25) is 14.9 Å². The Morgan fingerprint density at radius 3 is 2.42 bits per heavy atom. The van der Waals surface area contributed by atoms with Crippen LogP contribution >= 0.6 is 11.8 Å². The molecule has 0 saturated heterocycles. The summed E-state index contributed by atoms with van der Waals surface area (Å²) in [6.07, 6.45) is 2.11. The van der Waals surface area contributed by atoms with Crippen LogP contribution in [-0.4, -0.2) is 21.9 Å². The lowest BCUT2D eigenvalue weighted by molar-refractivity contribution is -0.384. The molecular formula is C26H25N3O3S. The van der Waals surface area contributed by atoms with Gasteiger partial charge in [-0.05, 0) is 37.6 Å². The van der Waals surface area contributed by atoms with Crippen LogP contribution in [-0.2, 0) is 12.3 Å². The number of hydrogen-bond donors (Lipinski definition) is 1. The summed E-state index contributed by atoms with van der Waals surface area (Å²) in [5, 5.41) is 15.0. The summed E-state index contributed by atoms with van der Waals surface area (Å²) < 4.78 is 2.16. The van der Waals surface area contributed by atoms with Gasteiger partial charge < -0.3 is 9.88 Å². The summed E-state index contributed by atoms with van der Waals surface area (Å²) in [4.78, 5) is 24.2. The van der Waals surface area contributed by atoms with Crippen molar-refractivity contribution in [2.24, 2.45) is 0 Å². The Balaban J connectivity index is 1.43. The van der Waals surface area contributed by atoms with Crippen molar-refractivity contribution in [1.82, 2.24) is 9.88 Å². The van der Waals surface area contributed by atoms with E-state index in [0.29, 0.717) is 18.7 Å². The maximum Gasteiger partial charge on any atom is 0.269 e. The predicted octanol–water partition coefficient (Wildman–Crippen LogP) is 5.89. The summed E-state index contributed by atoms with van der Waals surface area (Å²) in [7, 11) is 0. The number of nitro groups is 1. The number of nitrogens with one attached hydrogen (secondary N) is 1. The molecule has 6 nitrogen and oxygen atoms in total. The van der Waals surface area contributed by atoms with Gasteiger partial charge in [0.1, 0.15) is 0 Å². The van der Waals surface area contributed by atoms with Crippen LogP contribution < -0.4 is 5.32 Å². The van der Waals surface area contributed by atoms with E-state index in [4.69, 9.17) is 0 Å². The van der Waals surface area contributed by atoms with Crippen LogP contribution in [0.25, 0.3) is 10.9 Å². The number of carbonyl (C=O) groups excluding carboxylic acids is 1. The molecule has 0 spiro atoms. The number of aryl methyl sites for hydroxylation is 2. The Labute approximate surface area is 196 Å². The van der Waals surface area contributed by atoms with Crippen LogP contribution in [0.15, 0.2) is 77.8 Å². The van der Waals surface area contributed by atoms with Crippen molar-refractivity contribution < 1.29 is 9.72 Å². The van der Waals surface area contributed by atoms with Crippen LogP contribution in [0.1, 0.15) is 27.0 Å². The number of carbonyl (C=O) groups is 1. The Morgan fingerprint density at radius 1 is 1.03 bits per heavy atom. The number of thioether (sulfide) groups is 1. The van der Waals surface area contributed by atoms with Crippen LogP contribution in [0.2, 0.25) is 0 Å². The van der Waals surface area contributed by atoms with Crippen molar-refractivity contribution in [2.45, 2.75) is 31.0 Å². The van der Waals surface area contributed by atoms with E-state index in [1.807, 2.05) is 38.1 Å². The first-order valence-electron chi connectivity index (χ1n) is 10.7. The quantitative estimate of drug-likeness (QED) is 0.202. The maximum absolute atomic E-state index is 12.6. The highest BCUT2D eigenvalue weighted by atomic mass is 32.2. The van der Waals surface area contributed by atoms with Gasteiger partial charge in [0.25, 0.3) is 11.6 Å². The Bertz CT molecular complexity index is 1290. The fourth-order valence-electron chi connectivity index (χ4n) is 3.89. The molecule has 1 heterocycles. The number of para-hydroxylation sites is 1. The molecule has 3 aromatic carbocycles. The van der Waals surface area contributed by atoms with E-state index >= 15 is 0 Å². The van der Waals surface area contributed by atoms with Gasteiger partial charge in [-0.15, -0.1) is 11.8 Å². The van der Waals surface area contributed by atoms with E-state index in [9.17, 15) is 14.9 Å². The maximum atomic E-state index is 12.6. The van der Waals surface area contributed by atoms with Gasteiger partial charge in [0.05, 0.1) is 4.92 Å². The third-order valence-corrected chi connectivity index (χ3v) is 6.53. The van der Waals surface area contributed by atoms with Crippen LogP contribution in [0.5, 0.6) is 0 Å². The highest BCUT2D eigenvalue weighted by Crippen LogP contribution is 2.32. The molecule has 0 fully saturated rings. The van der Waals surface area contributed by atoms with Gasteiger partial charge in [-0.2, -0.15) is 0 Å². The van der Waals surface area contributed by atoms with Crippen LogP contribution in [0.4, 0.5) is 5.69 Å². The number of nitro benzene ring substituents is 1. The minimum absolute atomic E-state index is 0.0639. The number of amides is 1. The SMILES string of the molecule is Cc1cc(C)cc(C(=O)NCCn2cc(SCc3ccc([N+](=O)[O-])cc3)c3ccccc32)c1. The summed E-state index contributed by atoms with van der Waals surface area (Å²) in [6.45, 7) is 5.17. The van der Waals surface area contributed by atoms with Crippen molar-refractivity contribution in [3.05, 3.63) is 105 Å². The predicted molar refractivity (Wildman–Crippen MR) is 133 cm³/mol. The molecule has 33 heavy (non-hydrogen) atoms. The van der Waals surface area contributed by atoms with E-state index in [1.165, 1.54) is 12.1 Å². The number of benzene rings is 3. The zero-order valence-electron chi connectivity index (χ0n) is 18.6. The van der Waals surface area contributed by atoms with Crippen molar-refractivity contribution in [1.29, 1.82) is 0 Å². The average Bonchev–Trinajstić information content (AvgIpc) is 3.15. The smallest absolute Gasteiger partial charge is 0.269 e. The molecule has 7 heteroatoms. The first kappa shape index (κ1) is 22.6. The summed E-state index contributed by atoms with van der Waals surface area (Å²) in [5.41, 5.74) is 5.08. The number of nitrogens with zero attached hydrogens (tertiary/aromatic N) is 2. The van der Waals surface area contributed by atoms with E-state index in [-0.39, 0.29) is 16.5 Å². The summed E-state index contributed by atoms with van der Waals surface area (Å²) >= 11 is 1.70. The lowest BCUT2D eigenvalue weighted by Crippen LogP contribution is -2.27. The summed E-state index contributed by atoms with van der Waals surface area (Å²) in [5.74, 6) is 0.654. The van der Waals surface area contributed by atoms with Crippen molar-refractivity contribution in [3.8, 4) is 0 Å². The van der Waals surface area contributed by atoms with E-state index in [0.717, 1.165) is 38.2 Å². The van der Waals surface area contributed by atoms with E-state index in [1.54, 1.807) is 23.9 Å². The monoisotopic (exact) mass is 459 g/mol. The molecule has 0 radical (unpaired) electrons. The molecule has 1 aromatic heterocycles. The third kappa shape index (κ3) is 5.43. The van der Waals surface area contributed by atoms with Gasteiger partial charge in [0.2, 0.25) is 0 Å². The zero-order chi connectivity index (χ0) is 23.4. The zero-order valence-corrected chi connectivity index (χ0v) is 19.4. The number of fused-ring (bicyclic) bond motifs is 1. The normalized spacial score (nSPS) is 11.0. The van der Waals surface area contributed by atoms with E-state index in [2.05, 4.69) is 34.3 Å². The molecule has 1 amide bonds. The molecule has 4 aromatic rings. The first-order valence-corrected chi connectivity index (χ1v) is 11.7. The lowest BCUT2D eigenvalue weighted by atomic mass is 10.1. The van der Waals surface area contributed by atoms with Gasteiger partial charge >= 0.3 is 0 Å².